The van der Waals surface area contributed by atoms with Crippen LogP contribution in [-0.4, -0.2) is 4.87 Å². The Balaban J connectivity index is 2.04. The first-order chi connectivity index (χ1) is 4.76. The molecule has 10 heavy (non-hydrogen) atoms. The van der Waals surface area contributed by atoms with E-state index in [1.165, 1.54) is 32.1 Å². The smallest absolute Gasteiger partial charge is 0.0480 e. The van der Waals surface area contributed by atoms with Crippen molar-refractivity contribution in [2.75, 3.05) is 0 Å². The third kappa shape index (κ3) is 0.550. The molecular formula is C9H13Cl. The first kappa shape index (κ1) is 5.88. The number of rotatable bonds is 0. The Kier molecular flexibility index (Phi) is 0.912. The fourth-order valence-electron chi connectivity index (χ4n) is 3.70. The molecule has 0 aliphatic heterocycles. The summed E-state index contributed by atoms with van der Waals surface area (Å²) in [6.45, 7) is 0. The minimum absolute atomic E-state index is 0.299. The van der Waals surface area contributed by atoms with Crippen molar-refractivity contribution in [2.24, 2.45) is 17.8 Å². The summed E-state index contributed by atoms with van der Waals surface area (Å²) in [5.41, 5.74) is 0. The molecule has 4 aliphatic rings. The lowest BCUT2D eigenvalue weighted by molar-refractivity contribution is 0.282. The van der Waals surface area contributed by atoms with Gasteiger partial charge in [0.05, 0.1) is 0 Å². The summed E-state index contributed by atoms with van der Waals surface area (Å²) >= 11 is 6.49. The summed E-state index contributed by atoms with van der Waals surface area (Å²) in [7, 11) is 0. The van der Waals surface area contributed by atoms with Gasteiger partial charge in [-0.3, -0.25) is 0 Å². The Morgan fingerprint density at radius 1 is 1.00 bits per heavy atom. The zero-order valence-corrected chi connectivity index (χ0v) is 6.90. The second-order valence-corrected chi connectivity index (χ2v) is 5.33. The van der Waals surface area contributed by atoms with E-state index in [1.54, 1.807) is 0 Å². The molecule has 4 saturated carbocycles. The minimum atomic E-state index is 0.299. The van der Waals surface area contributed by atoms with E-state index in [9.17, 15) is 0 Å². The third-order valence-electron chi connectivity index (χ3n) is 3.89. The van der Waals surface area contributed by atoms with Crippen LogP contribution in [0.4, 0.5) is 0 Å². The van der Waals surface area contributed by atoms with Crippen LogP contribution in [0, 0.1) is 17.8 Å². The fraction of sp³-hybridized carbons (Fsp3) is 1.00. The van der Waals surface area contributed by atoms with E-state index in [0.29, 0.717) is 4.87 Å². The van der Waals surface area contributed by atoms with Crippen molar-refractivity contribution >= 4 is 11.6 Å². The maximum absolute atomic E-state index is 6.49. The Morgan fingerprint density at radius 3 is 2.00 bits per heavy atom. The quantitative estimate of drug-likeness (QED) is 0.474. The summed E-state index contributed by atoms with van der Waals surface area (Å²) in [5.74, 6) is 2.96. The van der Waals surface area contributed by atoms with E-state index in [1.807, 2.05) is 0 Å². The molecule has 56 valence electrons. The van der Waals surface area contributed by atoms with Crippen LogP contribution < -0.4 is 0 Å². The second-order valence-electron chi connectivity index (χ2n) is 4.58. The van der Waals surface area contributed by atoms with E-state index in [0.717, 1.165) is 17.8 Å². The highest BCUT2D eigenvalue weighted by Gasteiger charge is 2.56. The van der Waals surface area contributed by atoms with Gasteiger partial charge >= 0.3 is 0 Å². The van der Waals surface area contributed by atoms with Crippen molar-refractivity contribution in [1.82, 2.24) is 0 Å². The van der Waals surface area contributed by atoms with Gasteiger partial charge in [-0.25, -0.2) is 0 Å². The summed E-state index contributed by atoms with van der Waals surface area (Å²) in [4.78, 5) is 0.299. The van der Waals surface area contributed by atoms with Crippen molar-refractivity contribution in [2.45, 2.75) is 37.0 Å². The first-order valence-electron chi connectivity index (χ1n) is 4.45. The molecule has 1 heteroatoms. The minimum Gasteiger partial charge on any atom is -0.119 e. The Hall–Kier alpha value is 0.290. The number of halogens is 1. The van der Waals surface area contributed by atoms with Gasteiger partial charge < -0.3 is 0 Å². The van der Waals surface area contributed by atoms with Crippen molar-refractivity contribution in [3.63, 3.8) is 0 Å². The van der Waals surface area contributed by atoms with Gasteiger partial charge in [0.2, 0.25) is 0 Å². The predicted molar refractivity (Wildman–Crippen MR) is 42.1 cm³/mol. The maximum Gasteiger partial charge on any atom is 0.0480 e. The lowest BCUT2D eigenvalue weighted by Gasteiger charge is -2.26. The SMILES string of the molecule is ClC12CC3CC(CC1C3)C2. The Labute approximate surface area is 66.9 Å². The molecule has 2 unspecified atom stereocenters. The van der Waals surface area contributed by atoms with Crippen LogP contribution >= 0.6 is 11.6 Å². The van der Waals surface area contributed by atoms with E-state index < -0.39 is 0 Å². The third-order valence-corrected chi connectivity index (χ3v) is 4.51. The van der Waals surface area contributed by atoms with Gasteiger partial charge in [0, 0.05) is 4.87 Å². The van der Waals surface area contributed by atoms with Crippen LogP contribution in [0.5, 0.6) is 0 Å². The van der Waals surface area contributed by atoms with Crippen molar-refractivity contribution in [3.8, 4) is 0 Å². The molecule has 0 heterocycles. The van der Waals surface area contributed by atoms with Crippen molar-refractivity contribution < 1.29 is 0 Å². The van der Waals surface area contributed by atoms with Gasteiger partial charge in [-0.2, -0.15) is 0 Å². The average molecular weight is 157 g/mol. The van der Waals surface area contributed by atoms with Gasteiger partial charge in [-0.05, 0) is 49.9 Å². The van der Waals surface area contributed by atoms with Gasteiger partial charge in [0.1, 0.15) is 0 Å². The molecule has 0 nitrogen and oxygen atoms in total. The predicted octanol–water partition coefficient (Wildman–Crippen LogP) is 2.80. The highest BCUT2D eigenvalue weighted by molar-refractivity contribution is 6.24. The lowest BCUT2D eigenvalue weighted by Crippen LogP contribution is -2.22. The summed E-state index contributed by atoms with van der Waals surface area (Å²) in [6.07, 6.45) is 7.11. The van der Waals surface area contributed by atoms with Gasteiger partial charge in [0.15, 0.2) is 0 Å². The molecule has 4 bridgehead atoms. The molecule has 4 aliphatic carbocycles. The highest BCUT2D eigenvalue weighted by Crippen LogP contribution is 2.63. The first-order valence-corrected chi connectivity index (χ1v) is 4.83. The summed E-state index contributed by atoms with van der Waals surface area (Å²) < 4.78 is 0. The molecule has 0 spiro atoms. The molecule has 2 atom stereocenters. The van der Waals surface area contributed by atoms with Gasteiger partial charge in [0.25, 0.3) is 0 Å². The number of alkyl halides is 1. The van der Waals surface area contributed by atoms with E-state index in [4.69, 9.17) is 11.6 Å². The molecule has 0 radical (unpaired) electrons. The Morgan fingerprint density at radius 2 is 1.60 bits per heavy atom. The van der Waals surface area contributed by atoms with Crippen molar-refractivity contribution in [1.29, 1.82) is 0 Å². The molecule has 0 aromatic heterocycles. The van der Waals surface area contributed by atoms with Crippen molar-refractivity contribution in [3.05, 3.63) is 0 Å². The number of hydrogen-bond donors (Lipinski definition) is 0. The topological polar surface area (TPSA) is 0 Å². The van der Waals surface area contributed by atoms with Crippen LogP contribution in [0.1, 0.15) is 32.1 Å². The van der Waals surface area contributed by atoms with E-state index >= 15 is 0 Å². The maximum atomic E-state index is 6.49. The number of hydrogen-bond acceptors (Lipinski definition) is 0. The molecule has 0 amide bonds. The van der Waals surface area contributed by atoms with Gasteiger partial charge in [-0.1, -0.05) is 0 Å². The van der Waals surface area contributed by atoms with E-state index in [2.05, 4.69) is 0 Å². The molecule has 4 rings (SSSR count). The van der Waals surface area contributed by atoms with Gasteiger partial charge in [-0.15, -0.1) is 11.6 Å². The molecule has 0 N–H and O–H groups in total. The van der Waals surface area contributed by atoms with Crippen LogP contribution in [-0.2, 0) is 0 Å². The van der Waals surface area contributed by atoms with Crippen LogP contribution in [0.3, 0.4) is 0 Å². The lowest BCUT2D eigenvalue weighted by atomic mass is 9.82. The van der Waals surface area contributed by atoms with Crippen LogP contribution in [0.2, 0.25) is 0 Å². The summed E-state index contributed by atoms with van der Waals surface area (Å²) in [5, 5.41) is 0. The second kappa shape index (κ2) is 1.55. The molecule has 0 aromatic rings. The Bertz CT molecular complexity index is 162. The van der Waals surface area contributed by atoms with Crippen LogP contribution in [0.25, 0.3) is 0 Å². The normalized spacial score (nSPS) is 63.9. The van der Waals surface area contributed by atoms with E-state index in [-0.39, 0.29) is 0 Å². The monoisotopic (exact) mass is 156 g/mol. The standard InChI is InChI=1S/C9H13Cl/c10-9-4-6-1-7(5-9)3-8(9)2-6/h6-8H,1-5H2. The molecular weight excluding hydrogens is 144 g/mol. The molecule has 4 fully saturated rings. The molecule has 0 aromatic carbocycles. The average Bonchev–Trinajstić information content (AvgIpc) is 2.14. The largest absolute Gasteiger partial charge is 0.119 e. The molecule has 0 saturated heterocycles. The summed E-state index contributed by atoms with van der Waals surface area (Å²) in [6, 6.07) is 0. The zero-order valence-electron chi connectivity index (χ0n) is 6.15. The highest BCUT2D eigenvalue weighted by atomic mass is 35.5. The fourth-order valence-corrected chi connectivity index (χ4v) is 4.31. The zero-order chi connectivity index (χ0) is 6.77. The van der Waals surface area contributed by atoms with Crippen LogP contribution in [0.15, 0.2) is 0 Å².